The minimum absolute atomic E-state index is 0.599. The molecular formula is C11H16BrN3O2. The normalized spacial score (nSPS) is 19.2. The maximum atomic E-state index is 11.4. The van der Waals surface area contributed by atoms with E-state index in [2.05, 4.69) is 20.9 Å². The molecule has 0 saturated carbocycles. The number of imidazole rings is 1. The summed E-state index contributed by atoms with van der Waals surface area (Å²) in [4.78, 5) is 17.7. The highest BCUT2D eigenvalue weighted by atomic mass is 79.9. The maximum Gasteiger partial charge on any atom is 0.327 e. The van der Waals surface area contributed by atoms with Crippen molar-refractivity contribution in [3.05, 3.63) is 16.6 Å². The number of nitrogens with zero attached hydrogens (tertiary/aromatic N) is 3. The molecule has 17 heavy (non-hydrogen) atoms. The van der Waals surface area contributed by atoms with Gasteiger partial charge < -0.3 is 9.67 Å². The Morgan fingerprint density at radius 1 is 1.47 bits per heavy atom. The molecule has 1 fully saturated rings. The number of aryl methyl sites for hydroxylation is 1. The van der Waals surface area contributed by atoms with E-state index in [1.165, 1.54) is 6.42 Å². The first kappa shape index (κ1) is 12.6. The van der Waals surface area contributed by atoms with Crippen LogP contribution in [0.3, 0.4) is 0 Å². The van der Waals surface area contributed by atoms with Gasteiger partial charge in [0, 0.05) is 7.05 Å². The molecule has 0 radical (unpaired) electrons. The van der Waals surface area contributed by atoms with Crippen molar-refractivity contribution >= 4 is 21.9 Å². The van der Waals surface area contributed by atoms with Crippen LogP contribution < -0.4 is 0 Å². The average Bonchev–Trinajstić information content (AvgIpc) is 2.63. The minimum atomic E-state index is -0.827. The highest BCUT2D eigenvalue weighted by Gasteiger charge is 2.32. The number of aromatic nitrogens is 2. The summed E-state index contributed by atoms with van der Waals surface area (Å²) in [5.41, 5.74) is 0.599. The molecule has 1 N–H and O–H groups in total. The number of carboxylic acids is 1. The topological polar surface area (TPSA) is 58.4 Å². The third kappa shape index (κ3) is 2.52. The fourth-order valence-electron chi connectivity index (χ4n) is 2.24. The third-order valence-corrected chi connectivity index (χ3v) is 4.11. The van der Waals surface area contributed by atoms with Crippen LogP contribution in [0.25, 0.3) is 0 Å². The van der Waals surface area contributed by atoms with E-state index < -0.39 is 12.0 Å². The van der Waals surface area contributed by atoms with Crippen LogP contribution >= 0.6 is 15.9 Å². The molecule has 5 nitrogen and oxygen atoms in total. The van der Waals surface area contributed by atoms with Crippen LogP contribution in [-0.4, -0.2) is 38.6 Å². The van der Waals surface area contributed by atoms with E-state index in [4.69, 9.17) is 0 Å². The van der Waals surface area contributed by atoms with Gasteiger partial charge in [-0.15, -0.1) is 0 Å². The molecule has 0 aromatic carbocycles. The zero-order chi connectivity index (χ0) is 12.4. The molecule has 94 valence electrons. The summed E-state index contributed by atoms with van der Waals surface area (Å²) in [6, 6.07) is -0.633. The van der Waals surface area contributed by atoms with Crippen molar-refractivity contribution in [2.45, 2.75) is 25.3 Å². The molecule has 0 amide bonds. The van der Waals surface area contributed by atoms with Crippen molar-refractivity contribution in [1.82, 2.24) is 14.5 Å². The average molecular weight is 302 g/mol. The van der Waals surface area contributed by atoms with E-state index in [1.807, 2.05) is 11.9 Å². The molecule has 6 heteroatoms. The second kappa shape index (κ2) is 5.18. The number of piperidine rings is 1. The van der Waals surface area contributed by atoms with Gasteiger partial charge in [0.25, 0.3) is 0 Å². The van der Waals surface area contributed by atoms with Gasteiger partial charge in [0.2, 0.25) is 0 Å². The molecule has 0 aliphatic carbocycles. The summed E-state index contributed by atoms with van der Waals surface area (Å²) < 4.78 is 2.53. The van der Waals surface area contributed by atoms with E-state index in [0.29, 0.717) is 5.69 Å². The van der Waals surface area contributed by atoms with E-state index in [0.717, 1.165) is 30.5 Å². The number of hydrogen-bond acceptors (Lipinski definition) is 3. The monoisotopic (exact) mass is 301 g/mol. The number of carbonyl (C=O) groups is 1. The molecule has 0 bridgehead atoms. The maximum absolute atomic E-state index is 11.4. The molecule has 1 aromatic rings. The van der Waals surface area contributed by atoms with Gasteiger partial charge in [-0.25, -0.2) is 4.98 Å². The fourth-order valence-corrected chi connectivity index (χ4v) is 2.65. The second-order valence-electron chi connectivity index (χ2n) is 4.37. The van der Waals surface area contributed by atoms with Crippen LogP contribution in [0.15, 0.2) is 10.9 Å². The number of rotatable bonds is 3. The lowest BCUT2D eigenvalue weighted by Gasteiger charge is -2.31. The van der Waals surface area contributed by atoms with Crippen LogP contribution in [0.5, 0.6) is 0 Å². The first-order chi connectivity index (χ1) is 8.11. The summed E-state index contributed by atoms with van der Waals surface area (Å²) >= 11 is 3.40. The molecule has 2 heterocycles. The van der Waals surface area contributed by atoms with Crippen molar-refractivity contribution < 1.29 is 9.90 Å². The first-order valence-electron chi connectivity index (χ1n) is 5.75. The Hall–Kier alpha value is -0.880. The van der Waals surface area contributed by atoms with Crippen molar-refractivity contribution in [2.24, 2.45) is 7.05 Å². The Morgan fingerprint density at radius 2 is 2.12 bits per heavy atom. The van der Waals surface area contributed by atoms with Crippen LogP contribution in [0.1, 0.15) is 31.0 Å². The number of hydrogen-bond donors (Lipinski definition) is 1. The van der Waals surface area contributed by atoms with Crippen LogP contribution in [0.4, 0.5) is 0 Å². The summed E-state index contributed by atoms with van der Waals surface area (Å²) in [6.45, 7) is 1.67. The van der Waals surface area contributed by atoms with E-state index in [9.17, 15) is 9.90 Å². The van der Waals surface area contributed by atoms with E-state index >= 15 is 0 Å². The standard InChI is InChI=1S/C11H16BrN3O2/c1-14-7-13-8(10(14)12)9(11(16)17)15-5-3-2-4-6-15/h7,9H,2-6H2,1H3,(H,16,17). The van der Waals surface area contributed by atoms with Crippen LogP contribution in [-0.2, 0) is 11.8 Å². The molecule has 1 saturated heterocycles. The predicted octanol–water partition coefficient (Wildman–Crippen LogP) is 1.79. The Morgan fingerprint density at radius 3 is 2.59 bits per heavy atom. The first-order valence-corrected chi connectivity index (χ1v) is 6.54. The lowest BCUT2D eigenvalue weighted by Crippen LogP contribution is -2.38. The lowest BCUT2D eigenvalue weighted by molar-refractivity contribution is -0.144. The summed E-state index contributed by atoms with van der Waals surface area (Å²) in [5, 5.41) is 9.40. The lowest BCUT2D eigenvalue weighted by atomic mass is 10.1. The number of likely N-dealkylation sites (tertiary alicyclic amines) is 1. The van der Waals surface area contributed by atoms with Crippen molar-refractivity contribution in [1.29, 1.82) is 0 Å². The zero-order valence-electron chi connectivity index (χ0n) is 9.77. The predicted molar refractivity (Wildman–Crippen MR) is 66.7 cm³/mol. The van der Waals surface area contributed by atoms with Gasteiger partial charge in [-0.2, -0.15) is 0 Å². The Labute approximate surface area is 109 Å². The van der Waals surface area contributed by atoms with Gasteiger partial charge in [-0.05, 0) is 41.9 Å². The van der Waals surface area contributed by atoms with Crippen LogP contribution in [0.2, 0.25) is 0 Å². The van der Waals surface area contributed by atoms with Crippen LogP contribution in [0, 0.1) is 0 Å². The summed E-state index contributed by atoms with van der Waals surface area (Å²) in [5.74, 6) is -0.827. The van der Waals surface area contributed by atoms with Crippen molar-refractivity contribution in [3.8, 4) is 0 Å². The van der Waals surface area contributed by atoms with Gasteiger partial charge in [0.15, 0.2) is 6.04 Å². The smallest absolute Gasteiger partial charge is 0.327 e. The number of carboxylic acid groups (broad SMARTS) is 1. The fraction of sp³-hybridized carbons (Fsp3) is 0.636. The van der Waals surface area contributed by atoms with Gasteiger partial charge in [-0.3, -0.25) is 9.69 Å². The minimum Gasteiger partial charge on any atom is -0.480 e. The molecule has 1 atom stereocenters. The number of aliphatic carboxylic acids is 1. The Balaban J connectivity index is 2.28. The highest BCUT2D eigenvalue weighted by Crippen LogP contribution is 2.28. The third-order valence-electron chi connectivity index (χ3n) is 3.14. The molecule has 0 spiro atoms. The summed E-state index contributed by atoms with van der Waals surface area (Å²) in [7, 11) is 1.84. The quantitative estimate of drug-likeness (QED) is 0.925. The Kier molecular flexibility index (Phi) is 3.83. The molecule has 1 aromatic heterocycles. The van der Waals surface area contributed by atoms with Gasteiger partial charge >= 0.3 is 5.97 Å². The largest absolute Gasteiger partial charge is 0.480 e. The molecule has 1 aliphatic rings. The Bertz CT molecular complexity index is 413. The van der Waals surface area contributed by atoms with Crippen molar-refractivity contribution in [2.75, 3.05) is 13.1 Å². The number of halogens is 1. The summed E-state index contributed by atoms with van der Waals surface area (Å²) in [6.07, 6.45) is 4.95. The van der Waals surface area contributed by atoms with E-state index in [1.54, 1.807) is 10.9 Å². The van der Waals surface area contributed by atoms with Gasteiger partial charge in [-0.1, -0.05) is 6.42 Å². The van der Waals surface area contributed by atoms with Gasteiger partial charge in [0.1, 0.15) is 10.3 Å². The van der Waals surface area contributed by atoms with Crippen molar-refractivity contribution in [3.63, 3.8) is 0 Å². The van der Waals surface area contributed by atoms with Gasteiger partial charge in [0.05, 0.1) is 6.33 Å². The highest BCUT2D eigenvalue weighted by molar-refractivity contribution is 9.10. The molecule has 1 unspecified atom stereocenters. The molecular weight excluding hydrogens is 286 g/mol. The SMILES string of the molecule is Cn1cnc(C(C(=O)O)N2CCCCC2)c1Br. The molecule has 1 aliphatic heterocycles. The van der Waals surface area contributed by atoms with E-state index in [-0.39, 0.29) is 0 Å². The molecule has 2 rings (SSSR count). The second-order valence-corrected chi connectivity index (χ2v) is 5.12. The zero-order valence-corrected chi connectivity index (χ0v) is 11.4.